The first kappa shape index (κ1) is 11.7. The van der Waals surface area contributed by atoms with Gasteiger partial charge in [-0.3, -0.25) is 0 Å². The zero-order valence-corrected chi connectivity index (χ0v) is 10.8. The summed E-state index contributed by atoms with van der Waals surface area (Å²) in [5.41, 5.74) is 7.87. The smallest absolute Gasteiger partial charge is 0.133 e. The van der Waals surface area contributed by atoms with Crippen molar-refractivity contribution in [3.8, 4) is 11.4 Å². The molecule has 17 heavy (non-hydrogen) atoms. The van der Waals surface area contributed by atoms with Gasteiger partial charge in [-0.25, -0.2) is 9.97 Å². The average molecular weight is 233 g/mol. The van der Waals surface area contributed by atoms with Crippen LogP contribution in [0.15, 0.2) is 18.9 Å². The third-order valence-electron chi connectivity index (χ3n) is 2.82. The fourth-order valence-electron chi connectivity index (χ4n) is 1.86. The molecule has 2 aromatic rings. The van der Waals surface area contributed by atoms with E-state index in [0.29, 0.717) is 5.82 Å². The summed E-state index contributed by atoms with van der Waals surface area (Å²) >= 11 is 0. The van der Waals surface area contributed by atoms with Crippen molar-refractivity contribution in [3.05, 3.63) is 18.9 Å². The standard InChI is InChI=1S/C12H19N5/c1-5-16-7-14-6-9(16)10-11(13)17(8-15-10)12(2,3)4/h6-8H,5,13H2,1-4H3. The lowest BCUT2D eigenvalue weighted by atomic mass is 10.1. The average Bonchev–Trinajstić information content (AvgIpc) is 2.81. The Morgan fingerprint density at radius 3 is 2.53 bits per heavy atom. The highest BCUT2D eigenvalue weighted by Gasteiger charge is 2.20. The van der Waals surface area contributed by atoms with Crippen molar-refractivity contribution in [1.29, 1.82) is 0 Å². The molecule has 2 N–H and O–H groups in total. The van der Waals surface area contributed by atoms with Crippen molar-refractivity contribution in [3.63, 3.8) is 0 Å². The van der Waals surface area contributed by atoms with Gasteiger partial charge in [0, 0.05) is 12.1 Å². The third-order valence-corrected chi connectivity index (χ3v) is 2.82. The topological polar surface area (TPSA) is 61.7 Å². The number of nitrogens with zero attached hydrogens (tertiary/aromatic N) is 4. The zero-order valence-electron chi connectivity index (χ0n) is 10.8. The van der Waals surface area contributed by atoms with Crippen LogP contribution in [-0.2, 0) is 12.1 Å². The first-order valence-electron chi connectivity index (χ1n) is 5.79. The number of hydrogen-bond donors (Lipinski definition) is 1. The molecule has 0 saturated carbocycles. The van der Waals surface area contributed by atoms with Crippen LogP contribution >= 0.6 is 0 Å². The number of imidazole rings is 2. The van der Waals surface area contributed by atoms with Gasteiger partial charge in [0.05, 0.1) is 24.5 Å². The van der Waals surface area contributed by atoms with Gasteiger partial charge in [0.1, 0.15) is 11.5 Å². The van der Waals surface area contributed by atoms with Crippen LogP contribution in [0.4, 0.5) is 5.82 Å². The van der Waals surface area contributed by atoms with Gasteiger partial charge in [-0.05, 0) is 27.7 Å². The second kappa shape index (κ2) is 3.91. The highest BCUT2D eigenvalue weighted by Crippen LogP contribution is 2.28. The van der Waals surface area contributed by atoms with Crippen molar-refractivity contribution >= 4 is 5.82 Å². The summed E-state index contributed by atoms with van der Waals surface area (Å²) < 4.78 is 4.01. The lowest BCUT2D eigenvalue weighted by Gasteiger charge is -2.22. The predicted molar refractivity (Wildman–Crippen MR) is 68.5 cm³/mol. The summed E-state index contributed by atoms with van der Waals surface area (Å²) in [6, 6.07) is 0. The van der Waals surface area contributed by atoms with Crippen LogP contribution in [0.5, 0.6) is 0 Å². The summed E-state index contributed by atoms with van der Waals surface area (Å²) in [4.78, 5) is 8.55. The Balaban J connectivity index is 2.52. The Kier molecular flexibility index (Phi) is 2.69. The molecule has 0 atom stereocenters. The Morgan fingerprint density at radius 1 is 1.29 bits per heavy atom. The lowest BCUT2D eigenvalue weighted by molar-refractivity contribution is 0.402. The molecule has 2 rings (SSSR count). The maximum absolute atomic E-state index is 6.16. The van der Waals surface area contributed by atoms with E-state index in [0.717, 1.165) is 17.9 Å². The molecule has 0 aliphatic heterocycles. The van der Waals surface area contributed by atoms with E-state index in [-0.39, 0.29) is 5.54 Å². The number of rotatable bonds is 2. The molecule has 92 valence electrons. The Morgan fingerprint density at radius 2 is 2.00 bits per heavy atom. The van der Waals surface area contributed by atoms with Gasteiger partial charge in [0.2, 0.25) is 0 Å². The quantitative estimate of drug-likeness (QED) is 0.864. The molecule has 5 heteroatoms. The Labute approximate surface area is 101 Å². The number of aromatic nitrogens is 4. The fraction of sp³-hybridized carbons (Fsp3) is 0.500. The number of aryl methyl sites for hydroxylation is 1. The predicted octanol–water partition coefficient (Wildman–Crippen LogP) is 2.10. The largest absolute Gasteiger partial charge is 0.383 e. The molecule has 2 heterocycles. The summed E-state index contributed by atoms with van der Waals surface area (Å²) in [5.74, 6) is 0.688. The molecule has 2 aromatic heterocycles. The van der Waals surface area contributed by atoms with Gasteiger partial charge in [0.25, 0.3) is 0 Å². The van der Waals surface area contributed by atoms with Gasteiger partial charge >= 0.3 is 0 Å². The van der Waals surface area contributed by atoms with Crippen molar-refractivity contribution in [1.82, 2.24) is 19.1 Å². The minimum atomic E-state index is -0.0631. The van der Waals surface area contributed by atoms with Gasteiger partial charge in [-0.15, -0.1) is 0 Å². The number of anilines is 1. The molecular formula is C12H19N5. The molecule has 0 radical (unpaired) electrons. The number of nitrogen functional groups attached to an aromatic ring is 1. The van der Waals surface area contributed by atoms with E-state index in [2.05, 4.69) is 37.7 Å². The maximum Gasteiger partial charge on any atom is 0.133 e. The molecule has 0 aliphatic carbocycles. The summed E-state index contributed by atoms with van der Waals surface area (Å²) in [6.07, 6.45) is 5.39. The van der Waals surface area contributed by atoms with Crippen LogP contribution < -0.4 is 5.73 Å². The summed E-state index contributed by atoms with van der Waals surface area (Å²) in [7, 11) is 0. The normalized spacial score (nSPS) is 12.0. The molecular weight excluding hydrogens is 214 g/mol. The van der Waals surface area contributed by atoms with Crippen molar-refractivity contribution in [2.45, 2.75) is 39.8 Å². The van der Waals surface area contributed by atoms with Crippen LogP contribution in [0.2, 0.25) is 0 Å². The summed E-state index contributed by atoms with van der Waals surface area (Å²) in [5, 5.41) is 0. The highest BCUT2D eigenvalue weighted by atomic mass is 15.2. The SMILES string of the molecule is CCn1cncc1-c1ncn(C(C)(C)C)c1N. The van der Waals surface area contributed by atoms with Crippen LogP contribution in [-0.4, -0.2) is 19.1 Å². The highest BCUT2D eigenvalue weighted by molar-refractivity contribution is 5.67. The van der Waals surface area contributed by atoms with E-state index < -0.39 is 0 Å². The van der Waals surface area contributed by atoms with Crippen LogP contribution in [0.1, 0.15) is 27.7 Å². The third kappa shape index (κ3) is 1.92. The molecule has 5 nitrogen and oxygen atoms in total. The Bertz CT molecular complexity index is 515. The van der Waals surface area contributed by atoms with E-state index in [4.69, 9.17) is 5.73 Å². The first-order chi connectivity index (χ1) is 7.95. The molecule has 0 fully saturated rings. The van der Waals surface area contributed by atoms with Gasteiger partial charge in [-0.1, -0.05) is 0 Å². The molecule has 0 aromatic carbocycles. The van der Waals surface area contributed by atoms with Gasteiger partial charge < -0.3 is 14.9 Å². The van der Waals surface area contributed by atoms with Crippen molar-refractivity contribution < 1.29 is 0 Å². The number of hydrogen-bond acceptors (Lipinski definition) is 3. The van der Waals surface area contributed by atoms with Gasteiger partial charge in [-0.2, -0.15) is 0 Å². The van der Waals surface area contributed by atoms with Crippen molar-refractivity contribution in [2.24, 2.45) is 0 Å². The van der Waals surface area contributed by atoms with E-state index in [1.165, 1.54) is 0 Å². The van der Waals surface area contributed by atoms with E-state index in [9.17, 15) is 0 Å². The minimum absolute atomic E-state index is 0.0631. The maximum atomic E-state index is 6.16. The Hall–Kier alpha value is -1.78. The van der Waals surface area contributed by atoms with Crippen LogP contribution in [0, 0.1) is 0 Å². The van der Waals surface area contributed by atoms with Crippen LogP contribution in [0.3, 0.4) is 0 Å². The lowest BCUT2D eigenvalue weighted by Crippen LogP contribution is -2.22. The minimum Gasteiger partial charge on any atom is -0.383 e. The van der Waals surface area contributed by atoms with Crippen LogP contribution in [0.25, 0.3) is 11.4 Å². The molecule has 0 unspecified atom stereocenters. The van der Waals surface area contributed by atoms with Crippen molar-refractivity contribution in [2.75, 3.05) is 5.73 Å². The fourth-order valence-corrected chi connectivity index (χ4v) is 1.86. The van der Waals surface area contributed by atoms with E-state index >= 15 is 0 Å². The molecule has 0 amide bonds. The molecule has 0 spiro atoms. The summed E-state index contributed by atoms with van der Waals surface area (Å²) in [6.45, 7) is 9.24. The first-order valence-corrected chi connectivity index (χ1v) is 5.79. The zero-order chi connectivity index (χ0) is 12.6. The molecule has 0 saturated heterocycles. The van der Waals surface area contributed by atoms with Gasteiger partial charge in [0.15, 0.2) is 0 Å². The monoisotopic (exact) mass is 233 g/mol. The number of nitrogens with two attached hydrogens (primary N) is 1. The second-order valence-electron chi connectivity index (χ2n) is 5.08. The molecule has 0 aliphatic rings. The molecule has 0 bridgehead atoms. The van der Waals surface area contributed by atoms with E-state index in [1.807, 2.05) is 9.13 Å². The van der Waals surface area contributed by atoms with E-state index in [1.54, 1.807) is 18.9 Å². The second-order valence-corrected chi connectivity index (χ2v) is 5.08.